The third kappa shape index (κ3) is 3.49. The maximum atomic E-state index is 13.9. The Balaban J connectivity index is 1.28. The Morgan fingerprint density at radius 1 is 1.22 bits per heavy atom. The number of nitrogens with one attached hydrogen (secondary N) is 2. The number of methoxy groups -OCH3 is 1. The van der Waals surface area contributed by atoms with Crippen LogP contribution < -0.4 is 25.0 Å². The summed E-state index contributed by atoms with van der Waals surface area (Å²) in [5, 5.41) is 6.13. The maximum absolute atomic E-state index is 13.9. The van der Waals surface area contributed by atoms with E-state index in [4.69, 9.17) is 14.5 Å². The Kier molecular flexibility index (Phi) is 5.33. The van der Waals surface area contributed by atoms with Crippen molar-refractivity contribution in [2.24, 2.45) is 11.3 Å². The Morgan fingerprint density at radius 3 is 2.67 bits per heavy atom. The number of ether oxygens (including phenoxy) is 2. The van der Waals surface area contributed by atoms with Gasteiger partial charge in [-0.1, -0.05) is 0 Å². The molecule has 2 bridgehead atoms. The van der Waals surface area contributed by atoms with E-state index in [1.165, 1.54) is 0 Å². The molecule has 0 radical (unpaired) electrons. The van der Waals surface area contributed by atoms with Gasteiger partial charge in [0.25, 0.3) is 0 Å². The van der Waals surface area contributed by atoms with E-state index in [-0.39, 0.29) is 17.4 Å². The number of amides is 2. The second-order valence-corrected chi connectivity index (χ2v) is 10.8. The number of likely N-dealkylation sites (N-methyl/N-ethyl adjacent to an activating group) is 1. The molecule has 7 rings (SSSR count). The average Bonchev–Trinajstić information content (AvgIpc) is 3.16. The number of carbonyl (C=O) groups is 2. The molecule has 2 aliphatic heterocycles. The first-order valence-electron chi connectivity index (χ1n) is 12.6. The summed E-state index contributed by atoms with van der Waals surface area (Å²) >= 11 is 0. The second-order valence-electron chi connectivity index (χ2n) is 10.8. The highest BCUT2D eigenvalue weighted by Gasteiger charge is 2.67. The van der Waals surface area contributed by atoms with Crippen molar-refractivity contribution >= 4 is 29.3 Å². The monoisotopic (exact) mass is 492 g/mol. The van der Waals surface area contributed by atoms with Gasteiger partial charge in [-0.25, -0.2) is 4.98 Å². The van der Waals surface area contributed by atoms with E-state index in [0.717, 1.165) is 37.1 Å². The quantitative estimate of drug-likeness (QED) is 0.540. The van der Waals surface area contributed by atoms with Crippen molar-refractivity contribution in [3.05, 3.63) is 30.0 Å². The molecule has 2 amide bonds. The Morgan fingerprint density at radius 2 is 2.03 bits per heavy atom. The number of carbonyl (C=O) groups excluding carboxylic acids is 2. The fraction of sp³-hybridized carbons (Fsp3) is 0.538. The first-order chi connectivity index (χ1) is 17.3. The van der Waals surface area contributed by atoms with Gasteiger partial charge in [-0.15, -0.1) is 0 Å². The van der Waals surface area contributed by atoms with Crippen molar-refractivity contribution in [3.8, 4) is 11.5 Å². The minimum Gasteiger partial charge on any atom is -0.493 e. The topological polar surface area (TPSA) is 109 Å². The molecule has 5 aliphatic rings. The number of anilines is 3. The molecule has 2 N–H and O–H groups in total. The fourth-order valence-electron chi connectivity index (χ4n) is 6.01. The van der Waals surface area contributed by atoms with Crippen LogP contribution in [-0.4, -0.2) is 73.1 Å². The van der Waals surface area contributed by atoms with E-state index in [2.05, 4.69) is 20.5 Å². The number of hydrogen-bond donors (Lipinski definition) is 2. The van der Waals surface area contributed by atoms with Crippen LogP contribution in [0.4, 0.5) is 17.5 Å². The largest absolute Gasteiger partial charge is 0.493 e. The van der Waals surface area contributed by atoms with Crippen LogP contribution in [0, 0.1) is 11.3 Å². The van der Waals surface area contributed by atoms with Crippen molar-refractivity contribution in [3.63, 3.8) is 0 Å². The molecule has 4 fully saturated rings. The van der Waals surface area contributed by atoms with Crippen LogP contribution in [0.3, 0.4) is 0 Å². The van der Waals surface area contributed by atoms with Crippen LogP contribution in [0.5, 0.6) is 11.5 Å². The maximum Gasteiger partial charge on any atom is 0.244 e. The normalized spacial score (nSPS) is 27.9. The van der Waals surface area contributed by atoms with Crippen molar-refractivity contribution in [1.82, 2.24) is 20.2 Å². The highest BCUT2D eigenvalue weighted by Crippen LogP contribution is 2.63. The summed E-state index contributed by atoms with van der Waals surface area (Å²) in [5.41, 5.74) is 0.366. The van der Waals surface area contributed by atoms with Gasteiger partial charge < -0.3 is 25.0 Å². The van der Waals surface area contributed by atoms with E-state index in [1.54, 1.807) is 13.3 Å². The highest BCUT2D eigenvalue weighted by molar-refractivity contribution is 6.15. The fourth-order valence-corrected chi connectivity index (χ4v) is 6.01. The smallest absolute Gasteiger partial charge is 0.244 e. The molecule has 1 aromatic carbocycles. The zero-order valence-electron chi connectivity index (χ0n) is 21.0. The summed E-state index contributed by atoms with van der Waals surface area (Å²) < 4.78 is 11.4. The zero-order valence-corrected chi connectivity index (χ0v) is 21.0. The molecular weight excluding hydrogens is 460 g/mol. The van der Waals surface area contributed by atoms with Crippen molar-refractivity contribution < 1.29 is 19.1 Å². The molecule has 10 nitrogen and oxygen atoms in total. The van der Waals surface area contributed by atoms with Gasteiger partial charge >= 0.3 is 0 Å². The van der Waals surface area contributed by atoms with Crippen LogP contribution in [0.2, 0.25) is 0 Å². The van der Waals surface area contributed by atoms with Gasteiger partial charge in [-0.2, -0.15) is 4.98 Å². The summed E-state index contributed by atoms with van der Waals surface area (Å²) in [6.45, 7) is 1.88. The Bertz CT molecular complexity index is 1220. The molecule has 3 heterocycles. The molecule has 1 saturated heterocycles. The first kappa shape index (κ1) is 23.0. The lowest BCUT2D eigenvalue weighted by Gasteiger charge is -2.67. The van der Waals surface area contributed by atoms with Gasteiger partial charge in [-0.3, -0.25) is 14.5 Å². The lowest BCUT2D eigenvalue weighted by molar-refractivity contribution is -0.144. The molecule has 10 heteroatoms. The number of fused-ring (bicyclic) bond motifs is 1. The lowest BCUT2D eigenvalue weighted by Crippen LogP contribution is -2.73. The average molecular weight is 493 g/mol. The van der Waals surface area contributed by atoms with E-state index in [1.807, 2.05) is 37.2 Å². The van der Waals surface area contributed by atoms with E-state index >= 15 is 0 Å². The number of aromatic nitrogens is 2. The van der Waals surface area contributed by atoms with Crippen LogP contribution in [-0.2, 0) is 16.0 Å². The predicted molar refractivity (Wildman–Crippen MR) is 134 cm³/mol. The Labute approximate surface area is 210 Å². The summed E-state index contributed by atoms with van der Waals surface area (Å²) in [6, 6.07) is 5.59. The number of nitrogens with zero attached hydrogens (tertiary/aromatic N) is 4. The molecule has 3 saturated carbocycles. The molecular formula is C26H32N6O4. The van der Waals surface area contributed by atoms with Crippen molar-refractivity contribution in [2.45, 2.75) is 37.6 Å². The van der Waals surface area contributed by atoms with Crippen LogP contribution in [0.25, 0.3) is 0 Å². The molecule has 1 aromatic heterocycles. The summed E-state index contributed by atoms with van der Waals surface area (Å²) in [7, 11) is 5.60. The summed E-state index contributed by atoms with van der Waals surface area (Å²) in [6.07, 6.45) is 5.57. The van der Waals surface area contributed by atoms with Crippen molar-refractivity contribution in [1.29, 1.82) is 0 Å². The van der Waals surface area contributed by atoms with E-state index in [0.29, 0.717) is 55.2 Å². The highest BCUT2D eigenvalue weighted by atomic mass is 16.5. The van der Waals surface area contributed by atoms with E-state index in [9.17, 15) is 9.59 Å². The van der Waals surface area contributed by atoms with Crippen LogP contribution in [0.1, 0.15) is 31.2 Å². The zero-order chi connectivity index (χ0) is 25.1. The van der Waals surface area contributed by atoms with Gasteiger partial charge in [0, 0.05) is 43.0 Å². The second kappa shape index (κ2) is 8.33. The predicted octanol–water partition coefficient (Wildman–Crippen LogP) is 2.12. The number of hydrogen-bond acceptors (Lipinski definition) is 8. The minimum absolute atomic E-state index is 0.103. The van der Waals surface area contributed by atoms with Crippen molar-refractivity contribution in [2.75, 3.05) is 51.1 Å². The van der Waals surface area contributed by atoms with Gasteiger partial charge in [0.2, 0.25) is 17.8 Å². The van der Waals surface area contributed by atoms with Crippen LogP contribution in [0.15, 0.2) is 24.4 Å². The van der Waals surface area contributed by atoms with Gasteiger partial charge in [0.15, 0.2) is 11.5 Å². The molecule has 36 heavy (non-hydrogen) atoms. The van der Waals surface area contributed by atoms with Crippen LogP contribution >= 0.6 is 0 Å². The molecule has 190 valence electrons. The summed E-state index contributed by atoms with van der Waals surface area (Å²) in [5.74, 6) is 2.71. The molecule has 2 aromatic rings. The minimum atomic E-state index is -1.03. The molecule has 1 atom stereocenters. The Hall–Kier alpha value is -3.40. The molecule has 1 spiro atoms. The third-order valence-corrected chi connectivity index (χ3v) is 8.13. The lowest BCUT2D eigenvalue weighted by atomic mass is 9.48. The SMILES string of the molecule is COc1cc(Nc2ncc3c(n2)N(C24CC(C2)C4)C(=O)[C@]2(CCNC2=O)C3)ccc1OCCN(C)C. The van der Waals surface area contributed by atoms with E-state index < -0.39 is 5.41 Å². The molecule has 3 aliphatic carbocycles. The number of rotatable bonds is 8. The summed E-state index contributed by atoms with van der Waals surface area (Å²) in [4.78, 5) is 39.9. The third-order valence-electron chi connectivity index (χ3n) is 8.13. The van der Waals surface area contributed by atoms with Gasteiger partial charge in [0.1, 0.15) is 17.8 Å². The van der Waals surface area contributed by atoms with Gasteiger partial charge in [-0.05, 0) is 57.8 Å². The molecule has 0 unspecified atom stereocenters. The first-order valence-corrected chi connectivity index (χ1v) is 12.6. The number of benzene rings is 1. The van der Waals surface area contributed by atoms with Gasteiger partial charge in [0.05, 0.1) is 12.6 Å². The standard InChI is InChI=1S/C26H32N6O4/c1-31(2)8-9-36-19-5-4-18(10-20(19)35-3)29-24-28-15-17-14-26(6-7-27-22(26)33)23(34)32(21(17)30-24)25-11-16(12-25)13-25/h4-5,10,15-16H,6-9,11-14H2,1-3H3,(H,27,33)(H,28,29,30)/t16?,25?,26-/m1/s1.